The number of rotatable bonds is 3. The van der Waals surface area contributed by atoms with Gasteiger partial charge in [0.25, 0.3) is 0 Å². The molecule has 1 N–H and O–H groups in total. The van der Waals surface area contributed by atoms with Crippen LogP contribution in [0.25, 0.3) is 0 Å². The molecule has 0 aromatic heterocycles. The van der Waals surface area contributed by atoms with E-state index in [-0.39, 0.29) is 5.54 Å². The van der Waals surface area contributed by atoms with Gasteiger partial charge in [-0.15, -0.1) is 0 Å². The summed E-state index contributed by atoms with van der Waals surface area (Å²) in [5, 5.41) is 3.73. The van der Waals surface area contributed by atoms with E-state index in [9.17, 15) is 0 Å². The van der Waals surface area contributed by atoms with Gasteiger partial charge in [0.05, 0.1) is 13.2 Å². The molecule has 3 heteroatoms. The zero-order chi connectivity index (χ0) is 13.0. The predicted octanol–water partition coefficient (Wildman–Crippen LogP) is 2.41. The Morgan fingerprint density at radius 3 is 2.72 bits per heavy atom. The quantitative estimate of drug-likeness (QED) is 0.783. The zero-order valence-corrected chi connectivity index (χ0v) is 12.4. The molecule has 0 radical (unpaired) electrons. The van der Waals surface area contributed by atoms with Gasteiger partial charge in [-0.05, 0) is 33.2 Å². The number of hydrogen-bond donors (Lipinski definition) is 1. The van der Waals surface area contributed by atoms with E-state index in [0.29, 0.717) is 12.1 Å². The lowest BCUT2D eigenvalue weighted by atomic mass is 9.93. The molecule has 0 aromatic carbocycles. The van der Waals surface area contributed by atoms with Crippen LogP contribution in [0.4, 0.5) is 0 Å². The van der Waals surface area contributed by atoms with Crippen LogP contribution in [0.1, 0.15) is 52.9 Å². The predicted molar refractivity (Wildman–Crippen MR) is 75.9 cm³/mol. The highest BCUT2D eigenvalue weighted by molar-refractivity contribution is 4.95. The molecular formula is C15H30N2O. The first-order valence-corrected chi connectivity index (χ1v) is 7.73. The maximum absolute atomic E-state index is 5.67. The molecule has 1 aliphatic carbocycles. The fraction of sp³-hybridized carbons (Fsp3) is 1.00. The van der Waals surface area contributed by atoms with Crippen LogP contribution in [0, 0.1) is 0 Å². The summed E-state index contributed by atoms with van der Waals surface area (Å²) in [5.41, 5.74) is 0.195. The lowest BCUT2D eigenvalue weighted by Gasteiger charge is -2.49. The van der Waals surface area contributed by atoms with Crippen molar-refractivity contribution in [3.63, 3.8) is 0 Å². The van der Waals surface area contributed by atoms with Crippen LogP contribution < -0.4 is 5.32 Å². The van der Waals surface area contributed by atoms with Crippen molar-refractivity contribution in [3.05, 3.63) is 0 Å². The van der Waals surface area contributed by atoms with E-state index in [1.807, 2.05) is 0 Å². The molecule has 2 fully saturated rings. The third kappa shape index (κ3) is 3.25. The van der Waals surface area contributed by atoms with Crippen molar-refractivity contribution in [3.8, 4) is 0 Å². The molecule has 2 rings (SSSR count). The Bertz CT molecular complexity index is 255. The van der Waals surface area contributed by atoms with Crippen molar-refractivity contribution in [1.82, 2.24) is 10.2 Å². The number of hydrogen-bond acceptors (Lipinski definition) is 3. The number of ether oxygens (including phenoxy) is 1. The Kier molecular flexibility index (Phi) is 5.05. The SMILES string of the molecule is CCNC1CCCCCC1N1CCOCC1(C)C. The zero-order valence-electron chi connectivity index (χ0n) is 12.4. The van der Waals surface area contributed by atoms with E-state index >= 15 is 0 Å². The van der Waals surface area contributed by atoms with E-state index in [0.717, 1.165) is 26.3 Å². The Morgan fingerprint density at radius 1 is 1.22 bits per heavy atom. The molecule has 18 heavy (non-hydrogen) atoms. The van der Waals surface area contributed by atoms with Gasteiger partial charge < -0.3 is 10.1 Å². The van der Waals surface area contributed by atoms with E-state index in [1.54, 1.807) is 0 Å². The molecule has 106 valence electrons. The molecule has 3 nitrogen and oxygen atoms in total. The first-order chi connectivity index (χ1) is 8.65. The molecule has 0 bridgehead atoms. The minimum atomic E-state index is 0.195. The number of likely N-dealkylation sites (N-methyl/N-ethyl adjacent to an activating group) is 1. The molecule has 2 unspecified atom stereocenters. The molecule has 2 aliphatic rings. The topological polar surface area (TPSA) is 24.5 Å². The largest absolute Gasteiger partial charge is 0.378 e. The lowest BCUT2D eigenvalue weighted by molar-refractivity contribution is -0.0796. The van der Waals surface area contributed by atoms with Gasteiger partial charge in [0, 0.05) is 24.2 Å². The Morgan fingerprint density at radius 2 is 2.00 bits per heavy atom. The van der Waals surface area contributed by atoms with Crippen LogP contribution in [-0.2, 0) is 4.74 Å². The highest BCUT2D eigenvalue weighted by Gasteiger charge is 2.38. The highest BCUT2D eigenvalue weighted by Crippen LogP contribution is 2.29. The Labute approximate surface area is 112 Å². The lowest BCUT2D eigenvalue weighted by Crippen LogP contribution is -2.61. The number of nitrogens with one attached hydrogen (secondary N) is 1. The Balaban J connectivity index is 2.10. The fourth-order valence-corrected chi connectivity index (χ4v) is 3.65. The van der Waals surface area contributed by atoms with Crippen LogP contribution >= 0.6 is 0 Å². The van der Waals surface area contributed by atoms with Crippen molar-refractivity contribution in [2.24, 2.45) is 0 Å². The molecule has 0 aromatic rings. The van der Waals surface area contributed by atoms with E-state index in [2.05, 4.69) is 31.0 Å². The normalized spacial score (nSPS) is 34.2. The average molecular weight is 254 g/mol. The van der Waals surface area contributed by atoms with Gasteiger partial charge in [0.15, 0.2) is 0 Å². The van der Waals surface area contributed by atoms with Crippen molar-refractivity contribution >= 4 is 0 Å². The van der Waals surface area contributed by atoms with Crippen LogP contribution in [0.3, 0.4) is 0 Å². The standard InChI is InChI=1S/C15H30N2O/c1-4-16-13-8-6-5-7-9-14(13)17-10-11-18-12-15(17,2)3/h13-14,16H,4-12H2,1-3H3. The van der Waals surface area contributed by atoms with Gasteiger partial charge in [0.1, 0.15) is 0 Å². The molecule has 0 spiro atoms. The summed E-state index contributed by atoms with van der Waals surface area (Å²) in [6.07, 6.45) is 6.87. The molecule has 1 heterocycles. The fourth-order valence-electron chi connectivity index (χ4n) is 3.65. The minimum Gasteiger partial charge on any atom is -0.378 e. The summed E-state index contributed by atoms with van der Waals surface area (Å²) < 4.78 is 5.67. The summed E-state index contributed by atoms with van der Waals surface area (Å²) in [4.78, 5) is 2.72. The van der Waals surface area contributed by atoms with Crippen LogP contribution in [0.5, 0.6) is 0 Å². The molecule has 1 aliphatic heterocycles. The molecule has 0 amide bonds. The summed E-state index contributed by atoms with van der Waals surface area (Å²) in [6, 6.07) is 1.38. The van der Waals surface area contributed by atoms with E-state index < -0.39 is 0 Å². The van der Waals surface area contributed by atoms with E-state index in [4.69, 9.17) is 4.74 Å². The second-order valence-corrected chi connectivity index (χ2v) is 6.43. The smallest absolute Gasteiger partial charge is 0.0645 e. The van der Waals surface area contributed by atoms with Gasteiger partial charge in [-0.2, -0.15) is 0 Å². The van der Waals surface area contributed by atoms with Crippen molar-refractivity contribution in [1.29, 1.82) is 0 Å². The maximum atomic E-state index is 5.67. The van der Waals surface area contributed by atoms with Gasteiger partial charge in [-0.25, -0.2) is 0 Å². The van der Waals surface area contributed by atoms with Gasteiger partial charge in [-0.1, -0.05) is 26.2 Å². The van der Waals surface area contributed by atoms with Crippen LogP contribution in [-0.4, -0.2) is 48.8 Å². The number of nitrogens with zero attached hydrogens (tertiary/aromatic N) is 1. The molecule has 1 saturated heterocycles. The molecular weight excluding hydrogens is 224 g/mol. The highest BCUT2D eigenvalue weighted by atomic mass is 16.5. The first-order valence-electron chi connectivity index (χ1n) is 7.73. The van der Waals surface area contributed by atoms with Gasteiger partial charge in [0.2, 0.25) is 0 Å². The van der Waals surface area contributed by atoms with E-state index in [1.165, 1.54) is 32.1 Å². The summed E-state index contributed by atoms with van der Waals surface area (Å²) >= 11 is 0. The van der Waals surface area contributed by atoms with Gasteiger partial charge >= 0.3 is 0 Å². The molecule has 1 saturated carbocycles. The van der Waals surface area contributed by atoms with Crippen molar-refractivity contribution in [2.45, 2.75) is 70.5 Å². The molecule has 2 atom stereocenters. The van der Waals surface area contributed by atoms with Gasteiger partial charge in [-0.3, -0.25) is 4.90 Å². The number of morpholine rings is 1. The summed E-state index contributed by atoms with van der Waals surface area (Å²) in [5.74, 6) is 0. The Hall–Kier alpha value is -0.120. The third-order valence-electron chi connectivity index (χ3n) is 4.56. The second-order valence-electron chi connectivity index (χ2n) is 6.43. The first kappa shape index (κ1) is 14.3. The van der Waals surface area contributed by atoms with Crippen LogP contribution in [0.2, 0.25) is 0 Å². The van der Waals surface area contributed by atoms with Crippen molar-refractivity contribution < 1.29 is 4.74 Å². The third-order valence-corrected chi connectivity index (χ3v) is 4.56. The monoisotopic (exact) mass is 254 g/mol. The summed E-state index contributed by atoms with van der Waals surface area (Å²) in [7, 11) is 0. The minimum absolute atomic E-state index is 0.195. The maximum Gasteiger partial charge on any atom is 0.0645 e. The van der Waals surface area contributed by atoms with Crippen LogP contribution in [0.15, 0.2) is 0 Å². The van der Waals surface area contributed by atoms with Crippen molar-refractivity contribution in [2.75, 3.05) is 26.3 Å². The average Bonchev–Trinajstić information content (AvgIpc) is 2.55. The summed E-state index contributed by atoms with van der Waals surface area (Å²) in [6.45, 7) is 10.9. The second kappa shape index (κ2) is 6.36.